The largest absolute Gasteiger partial charge is 0.479 e. The molecule has 0 bridgehead atoms. The third-order valence-corrected chi connectivity index (χ3v) is 13.4. The van der Waals surface area contributed by atoms with E-state index >= 15 is 0 Å². The van der Waals surface area contributed by atoms with E-state index in [9.17, 15) is 34.5 Å². The van der Waals surface area contributed by atoms with Crippen molar-refractivity contribution in [3.8, 4) is 0 Å². The summed E-state index contributed by atoms with van der Waals surface area (Å²) in [5.41, 5.74) is 0. The minimum absolute atomic E-state index is 0.00645. The third-order valence-electron chi connectivity index (χ3n) is 13.4. The highest BCUT2D eigenvalue weighted by molar-refractivity contribution is 5.74. The number of hydrogen-bond acceptors (Lipinski definition) is 11. The number of aliphatic carboxylic acids is 1. The molecule has 0 aromatic heterocycles. The zero-order chi connectivity index (χ0) is 60.3. The topological polar surface area (TPSA) is 175 Å². The normalized spacial score (nSPS) is 18.6. The van der Waals surface area contributed by atoms with Crippen molar-refractivity contribution in [3.63, 3.8) is 0 Å². The van der Waals surface area contributed by atoms with Crippen molar-refractivity contribution in [1.82, 2.24) is 0 Å². The number of carbonyl (C=O) groups excluding carboxylic acids is 3. The number of carboxylic acid groups (broad SMARTS) is 1. The van der Waals surface area contributed by atoms with Crippen LogP contribution < -0.4 is 0 Å². The molecular formula is C71H110O12. The molecule has 1 aliphatic heterocycles. The Morgan fingerprint density at radius 1 is 0.410 bits per heavy atom. The summed E-state index contributed by atoms with van der Waals surface area (Å²) < 4.78 is 28.4. The molecule has 0 aliphatic carbocycles. The first-order chi connectivity index (χ1) is 40.6. The minimum Gasteiger partial charge on any atom is -0.479 e. The average Bonchev–Trinajstić information content (AvgIpc) is 3.55. The van der Waals surface area contributed by atoms with Crippen LogP contribution in [0.4, 0.5) is 0 Å². The first-order valence-electron chi connectivity index (χ1n) is 31.8. The summed E-state index contributed by atoms with van der Waals surface area (Å²) in [6.07, 6.45) is 69.5. The van der Waals surface area contributed by atoms with Gasteiger partial charge in [-0.15, -0.1) is 0 Å². The van der Waals surface area contributed by atoms with Crippen molar-refractivity contribution in [2.75, 3.05) is 13.2 Å². The van der Waals surface area contributed by atoms with Gasteiger partial charge in [0.15, 0.2) is 24.6 Å². The molecule has 1 fully saturated rings. The van der Waals surface area contributed by atoms with Crippen LogP contribution >= 0.6 is 0 Å². The molecule has 0 spiro atoms. The second-order valence-electron chi connectivity index (χ2n) is 20.9. The molecule has 0 saturated carbocycles. The molecule has 83 heavy (non-hydrogen) atoms. The zero-order valence-corrected chi connectivity index (χ0v) is 51.4. The predicted molar refractivity (Wildman–Crippen MR) is 339 cm³/mol. The van der Waals surface area contributed by atoms with Crippen LogP contribution in [0, 0.1) is 0 Å². The Bertz CT molecular complexity index is 2000. The molecule has 466 valence electrons. The van der Waals surface area contributed by atoms with Gasteiger partial charge < -0.3 is 39.0 Å². The Hall–Kier alpha value is -5.40. The number of esters is 3. The number of unbranched alkanes of at least 4 members (excludes halogenated alkanes) is 14. The Morgan fingerprint density at radius 3 is 1.20 bits per heavy atom. The molecule has 3 N–H and O–H groups in total. The maximum atomic E-state index is 13.2. The number of carbonyl (C=O) groups is 4. The highest BCUT2D eigenvalue weighted by Gasteiger charge is 2.50. The lowest BCUT2D eigenvalue weighted by Crippen LogP contribution is -2.61. The molecule has 12 nitrogen and oxygen atoms in total. The molecule has 6 atom stereocenters. The Balaban J connectivity index is 2.74. The van der Waals surface area contributed by atoms with E-state index in [0.29, 0.717) is 25.7 Å². The number of hydrogen-bond donors (Lipinski definition) is 3. The lowest BCUT2D eigenvalue weighted by atomic mass is 9.98. The second kappa shape index (κ2) is 57.1. The van der Waals surface area contributed by atoms with Gasteiger partial charge in [-0.1, -0.05) is 218 Å². The summed E-state index contributed by atoms with van der Waals surface area (Å²) in [6.45, 7) is 5.67. The summed E-state index contributed by atoms with van der Waals surface area (Å²) >= 11 is 0. The highest BCUT2D eigenvalue weighted by Crippen LogP contribution is 2.26. The van der Waals surface area contributed by atoms with Crippen molar-refractivity contribution in [2.24, 2.45) is 0 Å². The van der Waals surface area contributed by atoms with Gasteiger partial charge in [-0.25, -0.2) is 4.79 Å². The average molecular weight is 1160 g/mol. The maximum absolute atomic E-state index is 13.2. The number of allylic oxidation sites excluding steroid dienone is 24. The maximum Gasteiger partial charge on any atom is 0.335 e. The molecule has 0 amide bonds. The van der Waals surface area contributed by atoms with Crippen molar-refractivity contribution in [2.45, 2.75) is 263 Å². The van der Waals surface area contributed by atoms with E-state index in [4.69, 9.17) is 23.7 Å². The predicted octanol–water partition coefficient (Wildman–Crippen LogP) is 17.1. The van der Waals surface area contributed by atoms with Crippen molar-refractivity contribution < 1.29 is 58.2 Å². The van der Waals surface area contributed by atoms with E-state index in [1.165, 1.54) is 19.3 Å². The molecule has 1 rings (SSSR count). The first-order valence-corrected chi connectivity index (χ1v) is 31.8. The van der Waals surface area contributed by atoms with Crippen LogP contribution in [-0.4, -0.2) is 89.2 Å². The van der Waals surface area contributed by atoms with Crippen LogP contribution in [0.3, 0.4) is 0 Å². The summed E-state index contributed by atoms with van der Waals surface area (Å²) in [7, 11) is 0. The van der Waals surface area contributed by atoms with Crippen molar-refractivity contribution >= 4 is 23.9 Å². The van der Waals surface area contributed by atoms with Gasteiger partial charge in [0.2, 0.25) is 0 Å². The van der Waals surface area contributed by atoms with Crippen LogP contribution in [0.15, 0.2) is 146 Å². The lowest BCUT2D eigenvalue weighted by Gasteiger charge is -2.40. The van der Waals surface area contributed by atoms with Crippen LogP contribution in [0.2, 0.25) is 0 Å². The zero-order valence-electron chi connectivity index (χ0n) is 51.4. The van der Waals surface area contributed by atoms with E-state index in [0.717, 1.165) is 141 Å². The first kappa shape index (κ1) is 75.6. The smallest absolute Gasteiger partial charge is 0.335 e. The van der Waals surface area contributed by atoms with Gasteiger partial charge in [0.05, 0.1) is 6.61 Å². The summed E-state index contributed by atoms with van der Waals surface area (Å²) in [4.78, 5) is 51.3. The molecule has 1 heterocycles. The van der Waals surface area contributed by atoms with Crippen molar-refractivity contribution in [1.29, 1.82) is 0 Å². The lowest BCUT2D eigenvalue weighted by molar-refractivity contribution is -0.301. The highest BCUT2D eigenvalue weighted by atomic mass is 16.7. The fourth-order valence-electron chi connectivity index (χ4n) is 8.58. The molecular weight excluding hydrogens is 1040 g/mol. The van der Waals surface area contributed by atoms with E-state index in [1.807, 2.05) is 6.08 Å². The molecule has 1 aliphatic rings. The van der Waals surface area contributed by atoms with Gasteiger partial charge in [-0.05, 0) is 135 Å². The fourth-order valence-corrected chi connectivity index (χ4v) is 8.58. The second-order valence-corrected chi connectivity index (χ2v) is 20.9. The van der Waals surface area contributed by atoms with Gasteiger partial charge >= 0.3 is 23.9 Å². The van der Waals surface area contributed by atoms with E-state index in [-0.39, 0.29) is 25.9 Å². The number of ether oxygens (including phenoxy) is 5. The number of aliphatic hydroxyl groups is 2. The quantitative estimate of drug-likeness (QED) is 0.0228. The van der Waals surface area contributed by atoms with Crippen LogP contribution in [-0.2, 0) is 42.9 Å². The molecule has 1 saturated heterocycles. The SMILES string of the molecule is CC/C=C\C/C=C\C/C=C\C/C=C\C/C=C\CCCCCC(=O)OC1C(OCC(COC(=O)CCC/C=C\C/C=C\C/C=C\C/C=C\C/C=C\CC)OC(=O)CCCCCCCCC/C=C\C/C=C\CCCCC)OC(C(=O)O)C(O)C1O. The van der Waals surface area contributed by atoms with Gasteiger partial charge in [0.25, 0.3) is 0 Å². The Labute approximate surface area is 502 Å². The van der Waals surface area contributed by atoms with Crippen molar-refractivity contribution in [3.05, 3.63) is 146 Å². The Kier molecular flexibility index (Phi) is 52.0. The van der Waals surface area contributed by atoms with E-state index < -0.39 is 67.3 Å². The summed E-state index contributed by atoms with van der Waals surface area (Å²) in [6, 6.07) is 0. The van der Waals surface area contributed by atoms with E-state index in [1.54, 1.807) is 0 Å². The fraction of sp³-hybridized carbons (Fsp3) is 0.606. The van der Waals surface area contributed by atoms with Gasteiger partial charge in [-0.3, -0.25) is 14.4 Å². The standard InChI is InChI=1S/C71H110O12/c1-4-7-10-13-16-19-22-25-28-31-32-35-38-41-44-47-50-53-56-59-65(74)82-69-67(76)66(75)68(70(77)78)83-71(69)80-61-62(81-64(73)58-55-52-49-46-43-40-37-34-30-27-24-21-18-15-12-9-6-3)60-79-63(72)57-54-51-48-45-42-39-36-33-29-26-23-20-17-14-11-8-5-2/h7-8,10-11,16-21,25-30,32,35-36,39,41,44-45,48,62,66-69,71,75-76H,4-6,9,12-15,22-24,31,33-34,37-38,40,42-43,46-47,49-61H2,1-3H3,(H,77,78)/b10-7-,11-8-,19-16-,20-17-,21-18-,28-25-,29-26-,30-27-,35-32-,39-36-,44-41-,48-45-. The van der Waals surface area contributed by atoms with Crippen LogP contribution in [0.25, 0.3) is 0 Å². The molecule has 0 radical (unpaired) electrons. The molecule has 0 aromatic rings. The minimum atomic E-state index is -1.93. The van der Waals surface area contributed by atoms with Gasteiger partial charge in [0.1, 0.15) is 18.8 Å². The Morgan fingerprint density at radius 2 is 0.771 bits per heavy atom. The van der Waals surface area contributed by atoms with Gasteiger partial charge in [0, 0.05) is 19.3 Å². The monoisotopic (exact) mass is 1150 g/mol. The third kappa shape index (κ3) is 46.6. The summed E-state index contributed by atoms with van der Waals surface area (Å²) in [5, 5.41) is 31.6. The number of rotatable bonds is 52. The summed E-state index contributed by atoms with van der Waals surface area (Å²) in [5.74, 6) is -3.27. The molecule has 6 unspecified atom stereocenters. The number of aliphatic hydroxyl groups excluding tert-OH is 2. The van der Waals surface area contributed by atoms with Crippen LogP contribution in [0.1, 0.15) is 226 Å². The molecule has 0 aromatic carbocycles. The van der Waals surface area contributed by atoms with Crippen LogP contribution in [0.5, 0.6) is 0 Å². The number of carboxylic acids is 1. The van der Waals surface area contributed by atoms with Gasteiger partial charge in [-0.2, -0.15) is 0 Å². The van der Waals surface area contributed by atoms with E-state index in [2.05, 4.69) is 161 Å². The molecule has 12 heteroatoms.